The minimum Gasteiger partial charge on any atom is -0.336 e. The van der Waals surface area contributed by atoms with Crippen molar-refractivity contribution >= 4 is 29.9 Å². The number of thioether (sulfide) groups is 1. The molecule has 124 valence electrons. The Morgan fingerprint density at radius 2 is 2.29 bits per heavy atom. The van der Waals surface area contributed by atoms with E-state index in [0.717, 1.165) is 16.9 Å². The highest BCUT2D eigenvalue weighted by atomic mass is 32.2. The van der Waals surface area contributed by atoms with Gasteiger partial charge in [0.1, 0.15) is 12.1 Å². The maximum Gasteiger partial charge on any atom is 0.241 e. The third kappa shape index (κ3) is 3.37. The van der Waals surface area contributed by atoms with Gasteiger partial charge in [0.2, 0.25) is 5.91 Å². The minimum atomic E-state index is -0.766. The molecule has 24 heavy (non-hydrogen) atoms. The monoisotopic (exact) mass is 359 g/mol. The highest BCUT2D eigenvalue weighted by Gasteiger charge is 2.36. The first-order valence-electron chi connectivity index (χ1n) is 7.55. The van der Waals surface area contributed by atoms with E-state index >= 15 is 0 Å². The first-order chi connectivity index (χ1) is 11.5. The van der Waals surface area contributed by atoms with Gasteiger partial charge in [-0.05, 0) is 31.3 Å². The lowest BCUT2D eigenvalue weighted by Gasteiger charge is -2.21. The Kier molecular flexibility index (Phi) is 4.73. The number of nitrogens with one attached hydrogen (secondary N) is 2. The first-order valence-corrected chi connectivity index (χ1v) is 9.11. The highest BCUT2D eigenvalue weighted by Crippen LogP contribution is 2.27. The van der Waals surface area contributed by atoms with Crippen LogP contribution < -0.4 is 5.32 Å². The Labute approximate surface area is 149 Å². The SMILES string of the molecule is Cc1ccc(-c2n[nH]c(=S)n2CC(=O)NC2(C#N)CCSC2)cc1. The van der Waals surface area contributed by atoms with Crippen LogP contribution in [0.2, 0.25) is 0 Å². The van der Waals surface area contributed by atoms with E-state index in [2.05, 4.69) is 21.6 Å². The summed E-state index contributed by atoms with van der Waals surface area (Å²) in [5, 5.41) is 19.2. The number of hydrogen-bond acceptors (Lipinski definition) is 5. The van der Waals surface area contributed by atoms with E-state index in [1.165, 1.54) is 0 Å². The van der Waals surface area contributed by atoms with Crippen LogP contribution in [0.15, 0.2) is 24.3 Å². The number of nitriles is 1. The fraction of sp³-hybridized carbons (Fsp3) is 0.375. The van der Waals surface area contributed by atoms with E-state index in [1.54, 1.807) is 16.3 Å². The van der Waals surface area contributed by atoms with Gasteiger partial charge in [0, 0.05) is 11.3 Å². The Morgan fingerprint density at radius 1 is 1.54 bits per heavy atom. The zero-order valence-corrected chi connectivity index (χ0v) is 14.8. The number of hydrogen-bond donors (Lipinski definition) is 2. The molecule has 0 saturated carbocycles. The van der Waals surface area contributed by atoms with E-state index in [0.29, 0.717) is 22.8 Å². The molecule has 8 heteroatoms. The van der Waals surface area contributed by atoms with Gasteiger partial charge in [-0.2, -0.15) is 22.1 Å². The zero-order chi connectivity index (χ0) is 17.2. The average Bonchev–Trinajstić information content (AvgIpc) is 3.17. The van der Waals surface area contributed by atoms with Crippen LogP contribution in [-0.2, 0) is 11.3 Å². The van der Waals surface area contributed by atoms with Crippen LogP contribution in [0.4, 0.5) is 0 Å². The van der Waals surface area contributed by atoms with Crippen molar-refractivity contribution in [2.75, 3.05) is 11.5 Å². The van der Waals surface area contributed by atoms with Crippen LogP contribution in [0.1, 0.15) is 12.0 Å². The number of carbonyl (C=O) groups excluding carboxylic acids is 1. The minimum absolute atomic E-state index is 0.0344. The van der Waals surface area contributed by atoms with Crippen LogP contribution in [0.3, 0.4) is 0 Å². The van der Waals surface area contributed by atoms with Crippen LogP contribution in [0.5, 0.6) is 0 Å². The molecule has 0 bridgehead atoms. The van der Waals surface area contributed by atoms with Gasteiger partial charge in [-0.25, -0.2) is 0 Å². The number of aromatic nitrogens is 3. The lowest BCUT2D eigenvalue weighted by molar-refractivity contribution is -0.122. The quantitative estimate of drug-likeness (QED) is 0.819. The number of carbonyl (C=O) groups is 1. The van der Waals surface area contributed by atoms with E-state index in [9.17, 15) is 10.1 Å². The Bertz CT molecular complexity index is 841. The van der Waals surface area contributed by atoms with E-state index in [4.69, 9.17) is 12.2 Å². The largest absolute Gasteiger partial charge is 0.336 e. The van der Waals surface area contributed by atoms with E-state index in [-0.39, 0.29) is 12.5 Å². The van der Waals surface area contributed by atoms with Gasteiger partial charge in [0.25, 0.3) is 0 Å². The molecule has 1 aromatic carbocycles. The summed E-state index contributed by atoms with van der Waals surface area (Å²) >= 11 is 6.93. The van der Waals surface area contributed by atoms with Gasteiger partial charge in [-0.15, -0.1) is 0 Å². The van der Waals surface area contributed by atoms with Gasteiger partial charge >= 0.3 is 0 Å². The number of benzene rings is 1. The molecule has 1 unspecified atom stereocenters. The summed E-state index contributed by atoms with van der Waals surface area (Å²) in [6.07, 6.45) is 0.668. The number of H-pyrrole nitrogens is 1. The molecule has 6 nitrogen and oxygen atoms in total. The normalized spacial score (nSPS) is 19.8. The maximum absolute atomic E-state index is 12.4. The predicted octanol–water partition coefficient (Wildman–Crippen LogP) is 2.43. The van der Waals surface area contributed by atoms with Crippen molar-refractivity contribution in [2.24, 2.45) is 0 Å². The van der Waals surface area contributed by atoms with Gasteiger partial charge in [0.15, 0.2) is 10.6 Å². The maximum atomic E-state index is 12.4. The Balaban J connectivity index is 1.82. The topological polar surface area (TPSA) is 86.5 Å². The molecule has 1 aliphatic heterocycles. The molecular weight excluding hydrogens is 342 g/mol. The smallest absolute Gasteiger partial charge is 0.241 e. The molecule has 1 atom stereocenters. The van der Waals surface area contributed by atoms with Crippen LogP contribution in [0, 0.1) is 23.0 Å². The van der Waals surface area contributed by atoms with Crippen molar-refractivity contribution < 1.29 is 4.79 Å². The van der Waals surface area contributed by atoms with Crippen molar-refractivity contribution in [3.05, 3.63) is 34.6 Å². The number of aryl methyl sites for hydroxylation is 1. The third-order valence-electron chi connectivity index (χ3n) is 3.98. The van der Waals surface area contributed by atoms with Crippen LogP contribution in [-0.4, -0.2) is 37.7 Å². The molecule has 0 radical (unpaired) electrons. The molecule has 1 saturated heterocycles. The zero-order valence-electron chi connectivity index (χ0n) is 13.2. The molecule has 1 aliphatic rings. The summed E-state index contributed by atoms with van der Waals surface area (Å²) in [6.45, 7) is 2.04. The molecular formula is C16H17N5OS2. The van der Waals surface area contributed by atoms with Crippen molar-refractivity contribution in [3.8, 4) is 17.5 Å². The fourth-order valence-corrected chi connectivity index (χ4v) is 4.08. The number of amides is 1. The molecule has 1 amide bonds. The summed E-state index contributed by atoms with van der Waals surface area (Å²) in [6, 6.07) is 10.1. The third-order valence-corrected chi connectivity index (χ3v) is 5.49. The van der Waals surface area contributed by atoms with Gasteiger partial charge in [-0.3, -0.25) is 14.5 Å². The fourth-order valence-electron chi connectivity index (χ4n) is 2.62. The molecule has 3 rings (SSSR count). The van der Waals surface area contributed by atoms with Crippen molar-refractivity contribution in [1.82, 2.24) is 20.1 Å². The average molecular weight is 359 g/mol. The van der Waals surface area contributed by atoms with Crippen molar-refractivity contribution in [2.45, 2.75) is 25.4 Å². The molecule has 0 aliphatic carbocycles. The van der Waals surface area contributed by atoms with Crippen LogP contribution in [0.25, 0.3) is 11.4 Å². The summed E-state index contributed by atoms with van der Waals surface area (Å²) < 4.78 is 2.04. The second-order valence-corrected chi connectivity index (χ2v) is 7.34. The summed E-state index contributed by atoms with van der Waals surface area (Å²) in [4.78, 5) is 12.4. The standard InChI is InChI=1S/C16H17N5OS2/c1-11-2-4-12(5-3-11)14-19-20-15(23)21(14)8-13(22)18-16(9-17)6-7-24-10-16/h2-5H,6-8,10H2,1H3,(H,18,22)(H,20,23). The highest BCUT2D eigenvalue weighted by molar-refractivity contribution is 7.99. The van der Waals surface area contributed by atoms with Gasteiger partial charge < -0.3 is 5.32 Å². The molecule has 0 spiro atoms. The number of aromatic amines is 1. The number of nitrogens with zero attached hydrogens (tertiary/aromatic N) is 3. The summed E-state index contributed by atoms with van der Waals surface area (Å²) in [5.41, 5.74) is 1.26. The number of rotatable bonds is 4. The molecule has 2 N–H and O–H groups in total. The molecule has 2 aromatic rings. The Hall–Kier alpha value is -2.11. The first kappa shape index (κ1) is 16.7. The Morgan fingerprint density at radius 3 is 2.92 bits per heavy atom. The van der Waals surface area contributed by atoms with E-state index < -0.39 is 5.54 Å². The van der Waals surface area contributed by atoms with Gasteiger partial charge in [-0.1, -0.05) is 29.8 Å². The second kappa shape index (κ2) is 6.79. The molecule has 1 fully saturated rings. The predicted molar refractivity (Wildman–Crippen MR) is 96.0 cm³/mol. The lowest BCUT2D eigenvalue weighted by atomic mass is 10.0. The van der Waals surface area contributed by atoms with Crippen LogP contribution >= 0.6 is 24.0 Å². The molecule has 1 aromatic heterocycles. The van der Waals surface area contributed by atoms with Crippen molar-refractivity contribution in [3.63, 3.8) is 0 Å². The summed E-state index contributed by atoms with van der Waals surface area (Å²) in [5.74, 6) is 1.89. The van der Waals surface area contributed by atoms with E-state index in [1.807, 2.05) is 31.2 Å². The second-order valence-electron chi connectivity index (χ2n) is 5.85. The molecule has 2 heterocycles. The summed E-state index contributed by atoms with van der Waals surface area (Å²) in [7, 11) is 0. The van der Waals surface area contributed by atoms with Gasteiger partial charge in [0.05, 0.1) is 6.07 Å². The van der Waals surface area contributed by atoms with Crippen molar-refractivity contribution in [1.29, 1.82) is 5.26 Å². The lowest BCUT2D eigenvalue weighted by Crippen LogP contribution is -2.48.